The third-order valence-electron chi connectivity index (χ3n) is 31.2. The molecule has 4 nitrogen and oxygen atoms in total. The first-order valence-corrected chi connectivity index (χ1v) is 47.0. The molecule has 0 bridgehead atoms. The van der Waals surface area contributed by atoms with Gasteiger partial charge in [-0.15, -0.1) is 0 Å². The van der Waals surface area contributed by atoms with Gasteiger partial charge in [0.15, 0.2) is 0 Å². The van der Waals surface area contributed by atoms with E-state index in [0.29, 0.717) is 0 Å². The number of nitrogens with zero attached hydrogens (tertiary/aromatic N) is 2. The average molecular weight is 1710 g/mol. The van der Waals surface area contributed by atoms with Crippen LogP contribution in [-0.4, -0.2) is 0 Å². The summed E-state index contributed by atoms with van der Waals surface area (Å²) in [6, 6.07) is 177. The summed E-state index contributed by atoms with van der Waals surface area (Å²) >= 11 is 0. The Bertz CT molecular complexity index is 8420. The van der Waals surface area contributed by atoms with Gasteiger partial charge in [0.05, 0.1) is 32.7 Å². The molecule has 20 aromatic carbocycles. The number of furan rings is 2. The van der Waals surface area contributed by atoms with Gasteiger partial charge in [0, 0.05) is 55.4 Å². The van der Waals surface area contributed by atoms with Crippen molar-refractivity contribution in [1.82, 2.24) is 0 Å². The molecule has 0 saturated heterocycles. The maximum atomic E-state index is 6.61. The molecule has 2 spiro atoms. The van der Waals surface area contributed by atoms with Crippen LogP contribution in [0.25, 0.3) is 88.4 Å². The van der Waals surface area contributed by atoms with Crippen LogP contribution in [0.2, 0.25) is 0 Å². The lowest BCUT2D eigenvalue weighted by Gasteiger charge is -2.50. The molecule has 0 radical (unpaired) electrons. The van der Waals surface area contributed by atoms with Crippen molar-refractivity contribution in [3.8, 4) is 44.5 Å². The summed E-state index contributed by atoms with van der Waals surface area (Å²) in [5.74, 6) is 0. The second-order valence-corrected chi connectivity index (χ2v) is 38.2. The number of benzene rings is 20. The molecule has 0 atom stereocenters. The van der Waals surface area contributed by atoms with Crippen molar-refractivity contribution < 1.29 is 8.83 Å². The molecule has 22 aromatic rings. The highest BCUT2D eigenvalue weighted by atomic mass is 16.3. The van der Waals surface area contributed by atoms with Crippen molar-refractivity contribution in [2.75, 3.05) is 9.80 Å². The smallest absolute Gasteiger partial charge is 0.137 e. The van der Waals surface area contributed by atoms with Gasteiger partial charge in [-0.25, -0.2) is 0 Å². The highest BCUT2D eigenvalue weighted by Gasteiger charge is 2.59. The zero-order chi connectivity index (χ0) is 89.0. The standard InChI is InChI=1S/2C65H45NO/c1-63(2)51-27-12-9-24-46(51)48-38-36-44(40-57(48)63)66(59-33-19-35-61-62(59)50-26-11-18-34-60(50)67-61)45-37-39-49-47-25-10-13-28-52(47)65(58(49)41-45)55-31-16-14-29-53(55)64(42-20-5-3-6-21-42,43-22-7-4-8-23-43)54-30-15-17-32-56(54)65;1-63(2)53-26-12-9-23-47(53)49-36-33-45(40-59(49)63)66(44-35-38-62-52(39-44)51-25-11-18-32-61(51)67-62)46-34-37-50-48-24-10-13-27-54(48)65(60(50)41-46)57-30-16-14-28-55(57)64(42-19-5-3-6-20-42,43-21-7-4-8-22-43)56-29-15-17-31-58(56)65/h2*3-41H,1-2H3. The highest BCUT2D eigenvalue weighted by Crippen LogP contribution is 2.69. The van der Waals surface area contributed by atoms with Gasteiger partial charge >= 0.3 is 0 Å². The summed E-state index contributed by atoms with van der Waals surface area (Å²) in [7, 11) is 0. The second-order valence-electron chi connectivity index (χ2n) is 38.2. The van der Waals surface area contributed by atoms with Crippen LogP contribution in [0.1, 0.15) is 139 Å². The van der Waals surface area contributed by atoms with E-state index in [4.69, 9.17) is 8.83 Å². The molecule has 2 aromatic heterocycles. The van der Waals surface area contributed by atoms with Crippen LogP contribution in [0.15, 0.2) is 482 Å². The summed E-state index contributed by atoms with van der Waals surface area (Å²) in [5.41, 5.74) is 43.7. The van der Waals surface area contributed by atoms with Crippen molar-refractivity contribution in [2.24, 2.45) is 0 Å². The molecule has 0 amide bonds. The monoisotopic (exact) mass is 1710 g/mol. The van der Waals surface area contributed by atoms with Gasteiger partial charge < -0.3 is 18.6 Å². The fourth-order valence-corrected chi connectivity index (χ4v) is 25.8. The number of anilines is 6. The second kappa shape index (κ2) is 29.0. The molecular formula is C130H90N2O2. The van der Waals surface area contributed by atoms with E-state index in [1.165, 1.54) is 156 Å². The Balaban J connectivity index is 0.000000136. The van der Waals surface area contributed by atoms with Crippen LogP contribution in [0.5, 0.6) is 0 Å². The van der Waals surface area contributed by atoms with E-state index < -0.39 is 21.7 Å². The number of hydrogen-bond acceptors (Lipinski definition) is 4. The summed E-state index contributed by atoms with van der Waals surface area (Å²) < 4.78 is 13.0. The van der Waals surface area contributed by atoms with Gasteiger partial charge in [-0.1, -0.05) is 410 Å². The Morgan fingerprint density at radius 1 is 0.164 bits per heavy atom. The largest absolute Gasteiger partial charge is 0.456 e. The van der Waals surface area contributed by atoms with Gasteiger partial charge in [-0.3, -0.25) is 0 Å². The molecule has 0 saturated carbocycles. The first kappa shape index (κ1) is 77.5. The van der Waals surface area contributed by atoms with Gasteiger partial charge in [0.1, 0.15) is 22.3 Å². The predicted molar refractivity (Wildman–Crippen MR) is 550 cm³/mol. The van der Waals surface area contributed by atoms with E-state index in [-0.39, 0.29) is 10.8 Å². The fourth-order valence-electron chi connectivity index (χ4n) is 25.8. The number of hydrogen-bond donors (Lipinski definition) is 0. The zero-order valence-corrected chi connectivity index (χ0v) is 74.7. The first-order valence-electron chi connectivity index (χ1n) is 47.0. The molecule has 6 aliphatic rings. The topological polar surface area (TPSA) is 32.8 Å². The van der Waals surface area contributed by atoms with Crippen molar-refractivity contribution in [2.45, 2.75) is 60.2 Å². The SMILES string of the molecule is CC1(C)c2ccccc2-c2ccc(N(c3ccc4c(c3)C3(c5ccccc5-4)c4ccccc4C(c4ccccc4)(c4ccccc4)c4ccccc43)c3ccc4oc5ccccc5c4c3)cc21.CC1(C)c2ccccc2-c2ccc(N(c3ccc4c(c3)C3(c5ccccc5-4)c4ccccc4C(c4ccccc4)(c4ccccc4)c4ccccc43)c3cccc4oc5ccccc5c34)cc21. The molecule has 0 aliphatic heterocycles. The van der Waals surface area contributed by atoms with Gasteiger partial charge in [0.25, 0.3) is 0 Å². The molecule has 0 unspecified atom stereocenters. The Hall–Kier alpha value is -16.4. The van der Waals surface area contributed by atoms with Gasteiger partial charge in [-0.05, 0) is 247 Å². The predicted octanol–water partition coefficient (Wildman–Crippen LogP) is 32.8. The van der Waals surface area contributed by atoms with Gasteiger partial charge in [0.2, 0.25) is 0 Å². The normalized spacial score (nSPS) is 15.1. The van der Waals surface area contributed by atoms with Crippen molar-refractivity contribution >= 4 is 78.0 Å². The summed E-state index contributed by atoms with van der Waals surface area (Å²) in [5, 5.41) is 4.42. The number of rotatable bonds is 10. The van der Waals surface area contributed by atoms with Gasteiger partial charge in [-0.2, -0.15) is 0 Å². The first-order chi connectivity index (χ1) is 66.0. The number of fused-ring (bicyclic) bond motifs is 30. The molecule has 4 heteroatoms. The van der Waals surface area contributed by atoms with Crippen LogP contribution in [0.3, 0.4) is 0 Å². The third kappa shape index (κ3) is 10.5. The molecule has 632 valence electrons. The highest BCUT2D eigenvalue weighted by molar-refractivity contribution is 6.14. The minimum Gasteiger partial charge on any atom is -0.456 e. The van der Waals surface area contributed by atoms with E-state index in [1.807, 2.05) is 6.07 Å². The summed E-state index contributed by atoms with van der Waals surface area (Å²) in [4.78, 5) is 4.98. The molecule has 0 fully saturated rings. The lowest BCUT2D eigenvalue weighted by molar-refractivity contribution is 0.623. The Kier molecular flexibility index (Phi) is 16.8. The molecule has 134 heavy (non-hydrogen) atoms. The maximum absolute atomic E-state index is 6.61. The summed E-state index contributed by atoms with van der Waals surface area (Å²) in [6.07, 6.45) is 0. The fraction of sp³-hybridized carbons (Fsp3) is 0.0769. The Morgan fingerprint density at radius 3 is 0.828 bits per heavy atom. The van der Waals surface area contributed by atoms with Crippen molar-refractivity contribution in [3.05, 3.63) is 584 Å². The van der Waals surface area contributed by atoms with E-state index in [9.17, 15) is 0 Å². The average Bonchev–Trinajstić information content (AvgIpc) is 1.41. The number of para-hydroxylation sites is 2. The molecule has 2 heterocycles. The van der Waals surface area contributed by atoms with E-state index in [2.05, 4.69) is 505 Å². The van der Waals surface area contributed by atoms with Crippen LogP contribution in [0, 0.1) is 0 Å². The molecular weight excluding hydrogens is 1620 g/mol. The minimum absolute atomic E-state index is 0.165. The molecule has 0 N–H and O–H groups in total. The Morgan fingerprint density at radius 2 is 0.425 bits per heavy atom. The quantitative estimate of drug-likeness (QED) is 0.137. The van der Waals surface area contributed by atoms with Crippen LogP contribution in [0.4, 0.5) is 34.1 Å². The maximum Gasteiger partial charge on any atom is 0.137 e. The van der Waals surface area contributed by atoms with E-state index in [0.717, 1.165) is 78.0 Å². The van der Waals surface area contributed by atoms with Crippen molar-refractivity contribution in [3.63, 3.8) is 0 Å². The van der Waals surface area contributed by atoms with Crippen LogP contribution < -0.4 is 9.80 Å². The lowest BCUT2D eigenvalue weighted by atomic mass is 9.51. The Labute approximate surface area is 780 Å². The molecule has 28 rings (SSSR count). The zero-order valence-electron chi connectivity index (χ0n) is 74.7. The third-order valence-corrected chi connectivity index (χ3v) is 31.2. The molecule has 6 aliphatic carbocycles. The van der Waals surface area contributed by atoms with Crippen LogP contribution >= 0.6 is 0 Å². The summed E-state index contributed by atoms with van der Waals surface area (Å²) in [6.45, 7) is 9.48. The van der Waals surface area contributed by atoms with Crippen LogP contribution in [-0.2, 0) is 32.5 Å². The minimum atomic E-state index is -0.635. The van der Waals surface area contributed by atoms with Crippen molar-refractivity contribution in [1.29, 1.82) is 0 Å². The van der Waals surface area contributed by atoms with E-state index >= 15 is 0 Å². The van der Waals surface area contributed by atoms with E-state index in [1.54, 1.807) is 0 Å². The lowest BCUT2D eigenvalue weighted by Crippen LogP contribution is -2.44.